The van der Waals surface area contributed by atoms with E-state index >= 15 is 0 Å². The Bertz CT molecular complexity index is 2410. The van der Waals surface area contributed by atoms with E-state index in [4.69, 9.17) is 30.4 Å². The number of alkyl halides is 6. The summed E-state index contributed by atoms with van der Waals surface area (Å²) in [4.78, 5) is 29.6. The van der Waals surface area contributed by atoms with Crippen LogP contribution >= 0.6 is 0 Å². The van der Waals surface area contributed by atoms with Crippen molar-refractivity contribution in [2.45, 2.75) is 37.3 Å². The molecule has 2 atom stereocenters. The number of carbonyl (C=O) groups excluding carboxylic acids is 2. The Hall–Kier alpha value is -7.18. The van der Waals surface area contributed by atoms with Crippen LogP contribution in [0.2, 0.25) is 0 Å². The minimum atomic E-state index is -4.43. The van der Waals surface area contributed by atoms with Crippen LogP contribution in [-0.2, 0) is 34.8 Å². The average Bonchev–Trinajstić information content (AvgIpc) is 3.33. The molecule has 2 amide bonds. The number of hydrogen-bond acceptors (Lipinski definition) is 8. The van der Waals surface area contributed by atoms with Gasteiger partial charge in [0.1, 0.15) is 23.7 Å². The van der Waals surface area contributed by atoms with Crippen molar-refractivity contribution < 1.29 is 63.7 Å². The van der Waals surface area contributed by atoms with Gasteiger partial charge in [-0.2, -0.15) is 26.3 Å². The lowest BCUT2D eigenvalue weighted by atomic mass is 10.0. The molecule has 0 aromatic heterocycles. The summed E-state index contributed by atoms with van der Waals surface area (Å²) in [7, 11) is 5.88. The molecule has 4 N–H and O–H groups in total. The summed E-state index contributed by atoms with van der Waals surface area (Å²) in [5, 5.41) is 0. The standard InChI is InChI=1S/2C25H24F4N2O3/c2*1-33-21-12-11-20(15-22(21)34-2)31(24(32)23(30)17-5-9-19(26)10-6-17)14-13-16-3-7-18(8-4-16)25(27,28)29/h2*3-12,15,23H,13-14,30H2,1-2H3. The van der Waals surface area contributed by atoms with Gasteiger partial charge >= 0.3 is 12.4 Å². The maximum Gasteiger partial charge on any atom is 0.416 e. The number of halogens is 8. The van der Waals surface area contributed by atoms with E-state index in [9.17, 15) is 44.7 Å². The van der Waals surface area contributed by atoms with Gasteiger partial charge in [0.2, 0.25) is 11.8 Å². The van der Waals surface area contributed by atoms with Crippen molar-refractivity contribution in [3.8, 4) is 23.0 Å². The summed E-state index contributed by atoms with van der Waals surface area (Å²) >= 11 is 0. The molecule has 0 aliphatic carbocycles. The molecule has 18 heteroatoms. The first-order valence-electron chi connectivity index (χ1n) is 20.7. The van der Waals surface area contributed by atoms with Crippen molar-refractivity contribution in [1.29, 1.82) is 0 Å². The Morgan fingerprint density at radius 1 is 0.471 bits per heavy atom. The van der Waals surface area contributed by atoms with Gasteiger partial charge in [-0.1, -0.05) is 48.5 Å². The Labute approximate surface area is 387 Å². The Morgan fingerprint density at radius 3 is 1.06 bits per heavy atom. The topological polar surface area (TPSA) is 130 Å². The second-order valence-corrected chi connectivity index (χ2v) is 15.0. The van der Waals surface area contributed by atoms with Crippen molar-refractivity contribution in [3.63, 3.8) is 0 Å². The predicted molar refractivity (Wildman–Crippen MR) is 241 cm³/mol. The van der Waals surface area contributed by atoms with Crippen LogP contribution in [0, 0.1) is 11.6 Å². The highest BCUT2D eigenvalue weighted by molar-refractivity contribution is 5.98. The van der Waals surface area contributed by atoms with E-state index in [1.165, 1.54) is 111 Å². The van der Waals surface area contributed by atoms with Crippen LogP contribution in [0.5, 0.6) is 23.0 Å². The molecule has 0 aliphatic heterocycles. The van der Waals surface area contributed by atoms with E-state index in [1.54, 1.807) is 36.4 Å². The summed E-state index contributed by atoms with van der Waals surface area (Å²) < 4.78 is 125. The maximum atomic E-state index is 13.4. The molecule has 2 unspecified atom stereocenters. The van der Waals surface area contributed by atoms with Crippen LogP contribution in [0.3, 0.4) is 0 Å². The predicted octanol–water partition coefficient (Wildman–Crippen LogP) is 10.3. The van der Waals surface area contributed by atoms with Crippen molar-refractivity contribution in [2.75, 3.05) is 51.3 Å². The van der Waals surface area contributed by atoms with Gasteiger partial charge in [0, 0.05) is 36.6 Å². The SMILES string of the molecule is COc1ccc(N(CCc2ccc(C(F)(F)F)cc2)C(=O)C(N)c2ccc(F)cc2)cc1OC.COc1ccc(N(CCc2ccc(C(F)(F)F)cc2)C(=O)C(N)c2ccc(F)cc2)cc1OC. The van der Waals surface area contributed by atoms with Crippen molar-refractivity contribution >= 4 is 23.2 Å². The second kappa shape index (κ2) is 23.0. The van der Waals surface area contributed by atoms with E-state index in [0.29, 0.717) is 56.6 Å². The van der Waals surface area contributed by atoms with Crippen LogP contribution in [0.1, 0.15) is 45.5 Å². The molecule has 360 valence electrons. The molecule has 68 heavy (non-hydrogen) atoms. The molecule has 10 nitrogen and oxygen atoms in total. The summed E-state index contributed by atoms with van der Waals surface area (Å²) in [6.45, 7) is 0.267. The number of amides is 2. The van der Waals surface area contributed by atoms with Crippen LogP contribution in [0.25, 0.3) is 0 Å². The van der Waals surface area contributed by atoms with Gasteiger partial charge in [-0.05, 0) is 108 Å². The molecule has 0 radical (unpaired) electrons. The third-order valence-electron chi connectivity index (χ3n) is 10.7. The van der Waals surface area contributed by atoms with E-state index < -0.39 is 59.0 Å². The number of hydrogen-bond donors (Lipinski definition) is 2. The molecule has 0 fully saturated rings. The zero-order valence-corrected chi connectivity index (χ0v) is 37.2. The van der Waals surface area contributed by atoms with Crippen molar-refractivity contribution in [2.24, 2.45) is 11.5 Å². The summed E-state index contributed by atoms with van der Waals surface area (Å²) in [6, 6.07) is 27.7. The molecule has 0 saturated carbocycles. The number of anilines is 2. The summed E-state index contributed by atoms with van der Waals surface area (Å²) in [5.41, 5.74) is 13.9. The first kappa shape index (κ1) is 51.8. The molecular weight excluding hydrogens is 905 g/mol. The van der Waals surface area contributed by atoms with Gasteiger partial charge in [0.05, 0.1) is 39.6 Å². The monoisotopic (exact) mass is 952 g/mol. The van der Waals surface area contributed by atoms with Gasteiger partial charge in [0.25, 0.3) is 0 Å². The molecule has 6 aromatic rings. The molecule has 0 spiro atoms. The third-order valence-corrected chi connectivity index (χ3v) is 10.7. The van der Waals surface area contributed by atoms with Gasteiger partial charge < -0.3 is 40.2 Å². The Balaban J connectivity index is 0.000000254. The Morgan fingerprint density at radius 2 is 0.779 bits per heavy atom. The molecule has 6 aromatic carbocycles. The third kappa shape index (κ3) is 13.5. The van der Waals surface area contributed by atoms with E-state index in [2.05, 4.69) is 0 Å². The lowest BCUT2D eigenvalue weighted by molar-refractivity contribution is -0.138. The van der Waals surface area contributed by atoms with Crippen LogP contribution in [-0.4, -0.2) is 53.3 Å². The first-order valence-corrected chi connectivity index (χ1v) is 20.7. The highest BCUT2D eigenvalue weighted by atomic mass is 19.4. The summed E-state index contributed by atoms with van der Waals surface area (Å²) in [5.74, 6) is -0.139. The number of nitrogens with two attached hydrogens (primary N) is 2. The zero-order chi connectivity index (χ0) is 49.8. The fraction of sp³-hybridized carbons (Fsp3) is 0.240. The van der Waals surface area contributed by atoms with Gasteiger partial charge in [-0.15, -0.1) is 0 Å². The highest BCUT2D eigenvalue weighted by Crippen LogP contribution is 2.35. The number of rotatable bonds is 16. The molecule has 0 saturated heterocycles. The largest absolute Gasteiger partial charge is 0.493 e. The quantitative estimate of drug-likeness (QED) is 0.0918. The molecular formula is C50H48F8N4O6. The number of benzene rings is 6. The molecule has 0 heterocycles. The number of nitrogens with zero attached hydrogens (tertiary/aromatic N) is 2. The minimum Gasteiger partial charge on any atom is -0.493 e. The van der Waals surface area contributed by atoms with Crippen LogP contribution in [0.15, 0.2) is 133 Å². The first-order chi connectivity index (χ1) is 32.3. The van der Waals surface area contributed by atoms with E-state index in [-0.39, 0.29) is 25.9 Å². The summed E-state index contributed by atoms with van der Waals surface area (Å²) in [6.07, 6.45) is -8.31. The highest BCUT2D eigenvalue weighted by Gasteiger charge is 2.32. The molecule has 0 aliphatic rings. The van der Waals surface area contributed by atoms with Crippen molar-refractivity contribution in [1.82, 2.24) is 0 Å². The molecule has 6 rings (SSSR count). The zero-order valence-electron chi connectivity index (χ0n) is 37.2. The average molecular weight is 953 g/mol. The lowest BCUT2D eigenvalue weighted by Gasteiger charge is -2.27. The maximum absolute atomic E-state index is 13.4. The van der Waals surface area contributed by atoms with E-state index in [1.807, 2.05) is 0 Å². The molecule has 0 bridgehead atoms. The number of carbonyl (C=O) groups is 2. The number of ether oxygens (including phenoxy) is 4. The normalized spacial score (nSPS) is 12.2. The Kier molecular flexibility index (Phi) is 17.5. The van der Waals surface area contributed by atoms with Gasteiger partial charge in [-0.3, -0.25) is 9.59 Å². The van der Waals surface area contributed by atoms with Crippen molar-refractivity contribution in [3.05, 3.63) is 178 Å². The van der Waals surface area contributed by atoms with Gasteiger partial charge in [0.15, 0.2) is 23.0 Å². The fourth-order valence-electron chi connectivity index (χ4n) is 6.88. The van der Waals surface area contributed by atoms with Gasteiger partial charge in [-0.25, -0.2) is 8.78 Å². The van der Waals surface area contributed by atoms with Crippen LogP contribution in [0.4, 0.5) is 46.5 Å². The minimum absolute atomic E-state index is 0.134. The van der Waals surface area contributed by atoms with Crippen LogP contribution < -0.4 is 40.2 Å². The second-order valence-electron chi connectivity index (χ2n) is 15.0. The smallest absolute Gasteiger partial charge is 0.416 e. The van der Waals surface area contributed by atoms with E-state index in [0.717, 1.165) is 24.3 Å². The number of methoxy groups -OCH3 is 4. The fourth-order valence-corrected chi connectivity index (χ4v) is 6.88. The lowest BCUT2D eigenvalue weighted by Crippen LogP contribution is -2.40.